The van der Waals surface area contributed by atoms with Crippen molar-refractivity contribution in [2.75, 3.05) is 0 Å². The van der Waals surface area contributed by atoms with Crippen LogP contribution in [-0.2, 0) is 6.54 Å². The predicted molar refractivity (Wildman–Crippen MR) is 72.1 cm³/mol. The van der Waals surface area contributed by atoms with Gasteiger partial charge in [0, 0.05) is 12.1 Å². The summed E-state index contributed by atoms with van der Waals surface area (Å²) in [6, 6.07) is 10.2. The van der Waals surface area contributed by atoms with E-state index >= 15 is 0 Å². The maximum absolute atomic E-state index is 5.60. The number of hydrogen-bond acceptors (Lipinski definition) is 3. The zero-order valence-electron chi connectivity index (χ0n) is 9.97. The molecule has 0 aliphatic heterocycles. The Morgan fingerprint density at radius 1 is 1.06 bits per heavy atom. The fourth-order valence-corrected chi connectivity index (χ4v) is 1.61. The fourth-order valence-electron chi connectivity index (χ4n) is 1.61. The van der Waals surface area contributed by atoms with Gasteiger partial charge in [-0.25, -0.2) is 9.97 Å². The Kier molecular flexibility index (Phi) is 4.61. The van der Waals surface area contributed by atoms with Crippen LogP contribution in [0.1, 0.15) is 17.1 Å². The Hall–Kier alpha value is -1.45. The van der Waals surface area contributed by atoms with Gasteiger partial charge in [-0.15, -0.1) is 12.4 Å². The lowest BCUT2D eigenvalue weighted by Crippen LogP contribution is -2.03. The van der Waals surface area contributed by atoms with Crippen molar-refractivity contribution < 1.29 is 0 Å². The zero-order valence-corrected chi connectivity index (χ0v) is 10.8. The molecule has 0 saturated heterocycles. The molecule has 4 heteroatoms. The molecule has 17 heavy (non-hydrogen) atoms. The SMILES string of the molecule is Cc1ccc(-c2cc(CN)nc(C)n2)cc1.Cl. The zero-order chi connectivity index (χ0) is 11.5. The van der Waals surface area contributed by atoms with Gasteiger partial charge in [-0.1, -0.05) is 29.8 Å². The minimum atomic E-state index is 0. The van der Waals surface area contributed by atoms with Gasteiger partial charge in [0.2, 0.25) is 0 Å². The molecule has 2 rings (SSSR count). The first-order valence-corrected chi connectivity index (χ1v) is 5.30. The minimum absolute atomic E-state index is 0. The summed E-state index contributed by atoms with van der Waals surface area (Å²) >= 11 is 0. The summed E-state index contributed by atoms with van der Waals surface area (Å²) in [7, 11) is 0. The second-order valence-corrected chi connectivity index (χ2v) is 3.86. The molecular formula is C13H16ClN3. The fraction of sp³-hybridized carbons (Fsp3) is 0.231. The largest absolute Gasteiger partial charge is 0.325 e. The molecule has 2 N–H and O–H groups in total. The number of halogens is 1. The van der Waals surface area contributed by atoms with Crippen molar-refractivity contribution in [1.29, 1.82) is 0 Å². The van der Waals surface area contributed by atoms with E-state index in [1.807, 2.05) is 13.0 Å². The predicted octanol–water partition coefficient (Wildman–Crippen LogP) is 2.64. The maximum atomic E-state index is 5.60. The van der Waals surface area contributed by atoms with Gasteiger partial charge in [-0.2, -0.15) is 0 Å². The Balaban J connectivity index is 0.00000144. The van der Waals surface area contributed by atoms with Crippen LogP contribution in [0.2, 0.25) is 0 Å². The van der Waals surface area contributed by atoms with E-state index in [9.17, 15) is 0 Å². The van der Waals surface area contributed by atoms with Crippen LogP contribution in [0.15, 0.2) is 30.3 Å². The molecule has 0 atom stereocenters. The van der Waals surface area contributed by atoms with Gasteiger partial charge in [-0.3, -0.25) is 0 Å². The van der Waals surface area contributed by atoms with Gasteiger partial charge >= 0.3 is 0 Å². The highest BCUT2D eigenvalue weighted by Gasteiger charge is 2.03. The van der Waals surface area contributed by atoms with E-state index in [1.54, 1.807) is 0 Å². The lowest BCUT2D eigenvalue weighted by molar-refractivity contribution is 0.929. The monoisotopic (exact) mass is 249 g/mol. The summed E-state index contributed by atoms with van der Waals surface area (Å²) in [5, 5.41) is 0. The highest BCUT2D eigenvalue weighted by Crippen LogP contribution is 2.18. The summed E-state index contributed by atoms with van der Waals surface area (Å²) in [5.41, 5.74) is 9.76. The molecule has 0 spiro atoms. The highest BCUT2D eigenvalue weighted by atomic mass is 35.5. The average Bonchev–Trinajstić information content (AvgIpc) is 2.29. The average molecular weight is 250 g/mol. The first-order valence-electron chi connectivity index (χ1n) is 5.30. The lowest BCUT2D eigenvalue weighted by Gasteiger charge is -2.05. The third kappa shape index (κ3) is 3.25. The van der Waals surface area contributed by atoms with Crippen molar-refractivity contribution in [3.05, 3.63) is 47.4 Å². The molecule has 0 fully saturated rings. The minimum Gasteiger partial charge on any atom is -0.325 e. The van der Waals surface area contributed by atoms with Crippen LogP contribution in [0.25, 0.3) is 11.3 Å². The van der Waals surface area contributed by atoms with Gasteiger partial charge < -0.3 is 5.73 Å². The Labute approximate surface area is 108 Å². The number of nitrogens with zero attached hydrogens (tertiary/aromatic N) is 2. The molecule has 90 valence electrons. The molecule has 0 aliphatic rings. The molecule has 0 bridgehead atoms. The molecule has 0 radical (unpaired) electrons. The van der Waals surface area contributed by atoms with Crippen molar-refractivity contribution in [1.82, 2.24) is 9.97 Å². The van der Waals surface area contributed by atoms with Crippen LogP contribution < -0.4 is 5.73 Å². The smallest absolute Gasteiger partial charge is 0.126 e. The summed E-state index contributed by atoms with van der Waals surface area (Å²) in [5.74, 6) is 0.763. The Morgan fingerprint density at radius 3 is 2.29 bits per heavy atom. The molecule has 3 nitrogen and oxygen atoms in total. The topological polar surface area (TPSA) is 51.8 Å². The van der Waals surface area contributed by atoms with Crippen molar-refractivity contribution in [2.45, 2.75) is 20.4 Å². The van der Waals surface area contributed by atoms with Crippen LogP contribution in [0.5, 0.6) is 0 Å². The van der Waals surface area contributed by atoms with Crippen LogP contribution in [0, 0.1) is 13.8 Å². The molecule has 0 unspecified atom stereocenters. The first kappa shape index (κ1) is 13.6. The number of aromatic nitrogens is 2. The molecule has 2 aromatic rings. The third-order valence-corrected chi connectivity index (χ3v) is 2.45. The first-order chi connectivity index (χ1) is 7.69. The van der Waals surface area contributed by atoms with Crippen molar-refractivity contribution >= 4 is 12.4 Å². The van der Waals surface area contributed by atoms with E-state index in [0.717, 1.165) is 22.8 Å². The summed E-state index contributed by atoms with van der Waals surface area (Å²) in [6.07, 6.45) is 0. The van der Waals surface area contributed by atoms with E-state index in [-0.39, 0.29) is 12.4 Å². The number of hydrogen-bond donors (Lipinski definition) is 1. The number of aryl methyl sites for hydroxylation is 2. The quantitative estimate of drug-likeness (QED) is 0.890. The van der Waals surface area contributed by atoms with E-state index < -0.39 is 0 Å². The van der Waals surface area contributed by atoms with Crippen molar-refractivity contribution in [2.24, 2.45) is 5.73 Å². The van der Waals surface area contributed by atoms with Crippen LogP contribution in [-0.4, -0.2) is 9.97 Å². The summed E-state index contributed by atoms with van der Waals surface area (Å²) in [6.45, 7) is 4.40. The van der Waals surface area contributed by atoms with Crippen LogP contribution in [0.3, 0.4) is 0 Å². The van der Waals surface area contributed by atoms with Crippen molar-refractivity contribution in [3.8, 4) is 11.3 Å². The molecule has 1 aromatic heterocycles. The molecule has 1 heterocycles. The van der Waals surface area contributed by atoms with E-state index in [0.29, 0.717) is 6.54 Å². The van der Waals surface area contributed by atoms with Crippen LogP contribution >= 0.6 is 12.4 Å². The van der Waals surface area contributed by atoms with E-state index in [1.165, 1.54) is 5.56 Å². The Bertz CT molecular complexity index is 495. The summed E-state index contributed by atoms with van der Waals surface area (Å²) < 4.78 is 0. The second-order valence-electron chi connectivity index (χ2n) is 3.86. The molecular weight excluding hydrogens is 234 g/mol. The highest BCUT2D eigenvalue weighted by molar-refractivity contribution is 5.85. The Morgan fingerprint density at radius 2 is 1.71 bits per heavy atom. The van der Waals surface area contributed by atoms with Gasteiger partial charge in [0.1, 0.15) is 5.82 Å². The number of benzene rings is 1. The van der Waals surface area contributed by atoms with Crippen LogP contribution in [0.4, 0.5) is 0 Å². The van der Waals surface area contributed by atoms with Gasteiger partial charge in [-0.05, 0) is 19.9 Å². The van der Waals surface area contributed by atoms with Gasteiger partial charge in [0.05, 0.1) is 11.4 Å². The van der Waals surface area contributed by atoms with E-state index in [4.69, 9.17) is 5.73 Å². The second kappa shape index (κ2) is 5.75. The van der Waals surface area contributed by atoms with Crippen molar-refractivity contribution in [3.63, 3.8) is 0 Å². The molecule has 1 aromatic carbocycles. The van der Waals surface area contributed by atoms with E-state index in [2.05, 4.69) is 41.2 Å². The standard InChI is InChI=1S/C13H15N3.ClH/c1-9-3-5-11(6-4-9)13-7-12(8-14)15-10(2)16-13;/h3-7H,8,14H2,1-2H3;1H. The number of nitrogens with two attached hydrogens (primary N) is 1. The van der Waals surface area contributed by atoms with Gasteiger partial charge in [0.25, 0.3) is 0 Å². The maximum Gasteiger partial charge on any atom is 0.126 e. The normalized spacial score (nSPS) is 9.82. The third-order valence-electron chi connectivity index (χ3n) is 2.45. The molecule has 0 saturated carbocycles. The summed E-state index contributed by atoms with van der Waals surface area (Å²) in [4.78, 5) is 8.67. The molecule has 0 aliphatic carbocycles. The lowest BCUT2D eigenvalue weighted by atomic mass is 10.1. The number of rotatable bonds is 2. The molecule has 0 amide bonds. The van der Waals surface area contributed by atoms with Gasteiger partial charge in [0.15, 0.2) is 0 Å².